The summed E-state index contributed by atoms with van der Waals surface area (Å²) in [7, 11) is 0. The molecule has 28 heavy (non-hydrogen) atoms. The minimum Gasteiger partial charge on any atom is -0.482 e. The highest BCUT2D eigenvalue weighted by atomic mass is 16.6. The molecule has 0 saturated carbocycles. The minimum absolute atomic E-state index is 0.306. The van der Waals surface area contributed by atoms with Gasteiger partial charge in [0.25, 0.3) is 5.91 Å². The van der Waals surface area contributed by atoms with Gasteiger partial charge in [-0.15, -0.1) is 0 Å². The SMILES string of the molecule is CC(OC(=O)COc1ccc2ccccc2c1)C(=O)Nc1cccc(C#N)c1. The van der Waals surface area contributed by atoms with E-state index >= 15 is 0 Å². The number of benzene rings is 3. The molecule has 0 saturated heterocycles. The van der Waals surface area contributed by atoms with Gasteiger partial charge in [-0.3, -0.25) is 4.79 Å². The van der Waals surface area contributed by atoms with Gasteiger partial charge in [-0.2, -0.15) is 5.26 Å². The topological polar surface area (TPSA) is 88.4 Å². The van der Waals surface area contributed by atoms with Gasteiger partial charge in [-0.05, 0) is 48.0 Å². The van der Waals surface area contributed by atoms with Crippen molar-refractivity contribution < 1.29 is 19.1 Å². The second kappa shape index (κ2) is 8.69. The second-order valence-electron chi connectivity index (χ2n) is 6.11. The van der Waals surface area contributed by atoms with Crippen LogP contribution in [-0.4, -0.2) is 24.6 Å². The van der Waals surface area contributed by atoms with Crippen molar-refractivity contribution in [3.8, 4) is 11.8 Å². The Hall–Kier alpha value is -3.85. The average molecular weight is 374 g/mol. The third kappa shape index (κ3) is 4.86. The van der Waals surface area contributed by atoms with E-state index in [-0.39, 0.29) is 6.61 Å². The van der Waals surface area contributed by atoms with Crippen LogP contribution >= 0.6 is 0 Å². The Morgan fingerprint density at radius 2 is 1.82 bits per heavy atom. The number of hydrogen-bond acceptors (Lipinski definition) is 5. The van der Waals surface area contributed by atoms with Gasteiger partial charge in [-0.25, -0.2) is 4.79 Å². The summed E-state index contributed by atoms with van der Waals surface area (Å²) in [5.41, 5.74) is 0.880. The van der Waals surface area contributed by atoms with Crippen molar-refractivity contribution >= 4 is 28.3 Å². The molecular weight excluding hydrogens is 356 g/mol. The Morgan fingerprint density at radius 3 is 2.61 bits per heavy atom. The lowest BCUT2D eigenvalue weighted by atomic mass is 10.1. The number of fused-ring (bicyclic) bond motifs is 1. The average Bonchev–Trinajstić information content (AvgIpc) is 2.72. The molecule has 0 heterocycles. The minimum atomic E-state index is -1.00. The number of anilines is 1. The first kappa shape index (κ1) is 18.9. The van der Waals surface area contributed by atoms with Crippen LogP contribution in [0.2, 0.25) is 0 Å². The molecule has 3 aromatic carbocycles. The summed E-state index contributed by atoms with van der Waals surface area (Å²) in [4.78, 5) is 24.1. The van der Waals surface area contributed by atoms with E-state index in [1.54, 1.807) is 24.3 Å². The Morgan fingerprint density at radius 1 is 1.04 bits per heavy atom. The van der Waals surface area contributed by atoms with E-state index in [0.717, 1.165) is 10.8 Å². The molecule has 0 aliphatic heterocycles. The maximum absolute atomic E-state index is 12.2. The number of hydrogen-bond donors (Lipinski definition) is 1. The van der Waals surface area contributed by atoms with Gasteiger partial charge in [0, 0.05) is 5.69 Å². The van der Waals surface area contributed by atoms with E-state index in [9.17, 15) is 9.59 Å². The number of esters is 1. The van der Waals surface area contributed by atoms with Crippen LogP contribution in [0.15, 0.2) is 66.7 Å². The summed E-state index contributed by atoms with van der Waals surface area (Å²) in [6.07, 6.45) is -1.00. The molecule has 1 atom stereocenters. The number of nitriles is 1. The summed E-state index contributed by atoms with van der Waals surface area (Å²) in [5.74, 6) is -0.600. The van der Waals surface area contributed by atoms with Crippen molar-refractivity contribution in [3.63, 3.8) is 0 Å². The smallest absolute Gasteiger partial charge is 0.344 e. The van der Waals surface area contributed by atoms with Gasteiger partial charge in [-0.1, -0.05) is 36.4 Å². The van der Waals surface area contributed by atoms with Crippen molar-refractivity contribution in [2.24, 2.45) is 0 Å². The number of carbonyl (C=O) groups excluding carboxylic acids is 2. The molecule has 140 valence electrons. The molecule has 6 heteroatoms. The van der Waals surface area contributed by atoms with Gasteiger partial charge < -0.3 is 14.8 Å². The zero-order chi connectivity index (χ0) is 19.9. The highest BCUT2D eigenvalue weighted by Gasteiger charge is 2.18. The van der Waals surface area contributed by atoms with E-state index in [4.69, 9.17) is 14.7 Å². The molecule has 0 fully saturated rings. The Bertz CT molecular complexity index is 1060. The van der Waals surface area contributed by atoms with Gasteiger partial charge >= 0.3 is 5.97 Å². The van der Waals surface area contributed by atoms with Crippen LogP contribution in [0.1, 0.15) is 12.5 Å². The molecule has 1 amide bonds. The van der Waals surface area contributed by atoms with Crippen LogP contribution in [0.5, 0.6) is 5.75 Å². The van der Waals surface area contributed by atoms with Crippen LogP contribution < -0.4 is 10.1 Å². The van der Waals surface area contributed by atoms with Gasteiger partial charge in [0.15, 0.2) is 12.7 Å². The monoisotopic (exact) mass is 374 g/mol. The summed E-state index contributed by atoms with van der Waals surface area (Å²) in [6.45, 7) is 1.16. The Labute approximate surface area is 162 Å². The standard InChI is InChI=1S/C22H18N2O4/c1-15(22(26)24-19-8-4-5-16(11-19)13-23)28-21(25)14-27-20-10-9-17-6-2-3-7-18(17)12-20/h2-12,15H,14H2,1H3,(H,24,26). The summed E-state index contributed by atoms with van der Waals surface area (Å²) in [5, 5.41) is 13.6. The fourth-order valence-electron chi connectivity index (χ4n) is 2.59. The maximum Gasteiger partial charge on any atom is 0.344 e. The number of nitrogens with zero attached hydrogens (tertiary/aromatic N) is 1. The van der Waals surface area contributed by atoms with Crippen molar-refractivity contribution in [2.45, 2.75) is 13.0 Å². The number of carbonyl (C=O) groups is 2. The summed E-state index contributed by atoms with van der Waals surface area (Å²) < 4.78 is 10.6. The maximum atomic E-state index is 12.2. The van der Waals surface area contributed by atoms with E-state index in [0.29, 0.717) is 17.0 Å². The molecule has 0 aliphatic rings. The third-order valence-electron chi connectivity index (χ3n) is 4.01. The number of ether oxygens (including phenoxy) is 2. The lowest BCUT2D eigenvalue weighted by Crippen LogP contribution is -2.31. The van der Waals surface area contributed by atoms with Crippen molar-refractivity contribution in [1.82, 2.24) is 0 Å². The van der Waals surface area contributed by atoms with Gasteiger partial charge in [0.05, 0.1) is 11.6 Å². The van der Waals surface area contributed by atoms with Gasteiger partial charge in [0.1, 0.15) is 5.75 Å². The first-order valence-electron chi connectivity index (χ1n) is 8.67. The molecular formula is C22H18N2O4. The molecule has 1 unspecified atom stereocenters. The van der Waals surface area contributed by atoms with E-state index in [1.807, 2.05) is 42.5 Å². The molecule has 6 nitrogen and oxygen atoms in total. The van der Waals surface area contributed by atoms with E-state index < -0.39 is 18.0 Å². The predicted octanol–water partition coefficient (Wildman–Crippen LogP) is 3.66. The molecule has 3 aromatic rings. The van der Waals surface area contributed by atoms with Crippen molar-refractivity contribution in [3.05, 3.63) is 72.3 Å². The fourth-order valence-corrected chi connectivity index (χ4v) is 2.59. The first-order valence-corrected chi connectivity index (χ1v) is 8.67. The Kier molecular flexibility index (Phi) is 5.87. The van der Waals surface area contributed by atoms with Crippen LogP contribution in [0.3, 0.4) is 0 Å². The molecule has 0 radical (unpaired) electrons. The summed E-state index contributed by atoms with van der Waals surface area (Å²) in [6, 6.07) is 21.8. The van der Waals surface area contributed by atoms with Crippen LogP contribution in [-0.2, 0) is 14.3 Å². The van der Waals surface area contributed by atoms with Crippen molar-refractivity contribution in [1.29, 1.82) is 5.26 Å². The fraction of sp³-hybridized carbons (Fsp3) is 0.136. The first-order chi connectivity index (χ1) is 13.5. The lowest BCUT2D eigenvalue weighted by Gasteiger charge is -2.14. The third-order valence-corrected chi connectivity index (χ3v) is 4.01. The largest absolute Gasteiger partial charge is 0.482 e. The number of amides is 1. The van der Waals surface area contributed by atoms with Crippen LogP contribution in [0, 0.1) is 11.3 Å². The Balaban J connectivity index is 1.51. The molecule has 3 rings (SSSR count). The zero-order valence-electron chi connectivity index (χ0n) is 15.2. The van der Waals surface area contributed by atoms with E-state index in [2.05, 4.69) is 5.32 Å². The van der Waals surface area contributed by atoms with E-state index in [1.165, 1.54) is 13.0 Å². The highest BCUT2D eigenvalue weighted by Crippen LogP contribution is 2.20. The normalized spacial score (nSPS) is 11.3. The van der Waals surface area contributed by atoms with Crippen LogP contribution in [0.4, 0.5) is 5.69 Å². The quantitative estimate of drug-likeness (QED) is 0.665. The molecule has 1 N–H and O–H groups in total. The molecule has 0 aliphatic carbocycles. The predicted molar refractivity (Wildman–Crippen MR) is 105 cm³/mol. The lowest BCUT2D eigenvalue weighted by molar-refractivity contribution is -0.155. The zero-order valence-corrected chi connectivity index (χ0v) is 15.2. The molecule has 0 spiro atoms. The highest BCUT2D eigenvalue weighted by molar-refractivity contribution is 5.95. The van der Waals surface area contributed by atoms with Crippen molar-refractivity contribution in [2.75, 3.05) is 11.9 Å². The summed E-state index contributed by atoms with van der Waals surface area (Å²) >= 11 is 0. The molecule has 0 bridgehead atoms. The number of nitrogens with one attached hydrogen (secondary N) is 1. The number of rotatable bonds is 6. The van der Waals surface area contributed by atoms with Crippen LogP contribution in [0.25, 0.3) is 10.8 Å². The second-order valence-corrected chi connectivity index (χ2v) is 6.11. The molecule has 0 aromatic heterocycles. The van der Waals surface area contributed by atoms with Gasteiger partial charge in [0.2, 0.25) is 0 Å².